The van der Waals surface area contributed by atoms with Crippen LogP contribution in [0.2, 0.25) is 0 Å². The van der Waals surface area contributed by atoms with Crippen molar-refractivity contribution in [3.8, 4) is 0 Å². The fourth-order valence-corrected chi connectivity index (χ4v) is 4.18. The number of carbonyl (C=O) groups excluding carboxylic acids is 1. The smallest absolute Gasteiger partial charge is 0.407 e. The third-order valence-corrected chi connectivity index (χ3v) is 5.08. The zero-order valence-corrected chi connectivity index (χ0v) is 18.0. The van der Waals surface area contributed by atoms with Crippen LogP contribution in [0.15, 0.2) is 4.99 Å². The van der Waals surface area contributed by atoms with Crippen molar-refractivity contribution in [1.82, 2.24) is 20.4 Å². The third-order valence-electron chi connectivity index (χ3n) is 5.08. The maximum atomic E-state index is 12.0. The number of guanidine groups is 1. The van der Waals surface area contributed by atoms with E-state index in [2.05, 4.69) is 39.3 Å². The van der Waals surface area contributed by atoms with Crippen LogP contribution < -0.4 is 10.6 Å². The number of likely N-dealkylation sites (tertiary alicyclic amines) is 2. The predicted molar refractivity (Wildman–Crippen MR) is 110 cm³/mol. The summed E-state index contributed by atoms with van der Waals surface area (Å²) in [5.41, 5.74) is -0.469. The molecule has 0 aliphatic carbocycles. The maximum Gasteiger partial charge on any atom is 0.407 e. The van der Waals surface area contributed by atoms with Gasteiger partial charge in [0.25, 0.3) is 0 Å². The molecule has 7 nitrogen and oxygen atoms in total. The van der Waals surface area contributed by atoms with Gasteiger partial charge in [-0.25, -0.2) is 4.79 Å². The number of nitrogens with one attached hydrogen (secondary N) is 2. The van der Waals surface area contributed by atoms with Crippen molar-refractivity contribution in [3.05, 3.63) is 0 Å². The van der Waals surface area contributed by atoms with Crippen LogP contribution in [0.1, 0.15) is 47.5 Å². The summed E-state index contributed by atoms with van der Waals surface area (Å²) in [6, 6.07) is 0.0993. The molecule has 0 bridgehead atoms. The number of hydrogen-bond acceptors (Lipinski definition) is 4. The Labute approximate surface area is 164 Å². The van der Waals surface area contributed by atoms with Crippen molar-refractivity contribution in [2.75, 3.05) is 46.3 Å². The monoisotopic (exact) mass is 381 g/mol. The quantitative estimate of drug-likeness (QED) is 0.577. The number of rotatable bonds is 4. The molecule has 2 rings (SSSR count). The zero-order valence-electron chi connectivity index (χ0n) is 18.0. The van der Waals surface area contributed by atoms with Crippen molar-refractivity contribution < 1.29 is 9.53 Å². The molecule has 156 valence electrons. The number of carbonyl (C=O) groups is 1. The lowest BCUT2D eigenvalue weighted by atomic mass is 9.92. The minimum Gasteiger partial charge on any atom is -0.444 e. The van der Waals surface area contributed by atoms with E-state index in [9.17, 15) is 4.79 Å². The molecule has 7 heteroatoms. The molecular formula is C20H39N5O2. The molecule has 2 aliphatic heterocycles. The average molecular weight is 382 g/mol. The maximum absolute atomic E-state index is 12.0. The average Bonchev–Trinajstić information content (AvgIpc) is 2.96. The lowest BCUT2D eigenvalue weighted by Gasteiger charge is -2.35. The highest BCUT2D eigenvalue weighted by Gasteiger charge is 2.28. The fourth-order valence-electron chi connectivity index (χ4n) is 4.18. The minimum atomic E-state index is -0.469. The highest BCUT2D eigenvalue weighted by molar-refractivity contribution is 5.80. The zero-order chi connectivity index (χ0) is 20.0. The Morgan fingerprint density at radius 1 is 1.19 bits per heavy atom. The van der Waals surface area contributed by atoms with Crippen molar-refractivity contribution in [1.29, 1.82) is 0 Å². The molecule has 0 aromatic carbocycles. The molecule has 2 N–H and O–H groups in total. The second kappa shape index (κ2) is 9.62. The molecule has 2 heterocycles. The largest absolute Gasteiger partial charge is 0.444 e. The van der Waals surface area contributed by atoms with E-state index in [1.54, 1.807) is 0 Å². The van der Waals surface area contributed by atoms with E-state index in [1.165, 1.54) is 19.5 Å². The van der Waals surface area contributed by atoms with Crippen LogP contribution in [-0.2, 0) is 4.74 Å². The number of alkyl carbamates (subject to hydrolysis) is 1. The summed E-state index contributed by atoms with van der Waals surface area (Å²) in [7, 11) is 1.82. The van der Waals surface area contributed by atoms with Crippen LogP contribution >= 0.6 is 0 Å². The summed E-state index contributed by atoms with van der Waals surface area (Å²) in [6.45, 7) is 16.3. The van der Waals surface area contributed by atoms with Crippen LogP contribution in [0.4, 0.5) is 4.79 Å². The SMILES string of the molecule is CN=C(NCCN1CC(C)CC(C)C1)N1CCC(NC(=O)OC(C)(C)C)C1. The van der Waals surface area contributed by atoms with Crippen molar-refractivity contribution in [2.24, 2.45) is 16.8 Å². The third kappa shape index (κ3) is 7.56. The predicted octanol–water partition coefficient (Wildman–Crippen LogP) is 2.14. The first kappa shape index (κ1) is 21.8. The Balaban J connectivity index is 1.72. The van der Waals surface area contributed by atoms with Gasteiger partial charge >= 0.3 is 6.09 Å². The Hall–Kier alpha value is -1.50. The van der Waals surface area contributed by atoms with E-state index in [-0.39, 0.29) is 12.1 Å². The first-order chi connectivity index (χ1) is 12.7. The Bertz CT molecular complexity index is 507. The molecule has 2 saturated heterocycles. The van der Waals surface area contributed by atoms with E-state index >= 15 is 0 Å². The van der Waals surface area contributed by atoms with E-state index in [1.807, 2.05) is 27.8 Å². The molecule has 27 heavy (non-hydrogen) atoms. The van der Waals surface area contributed by atoms with Gasteiger partial charge in [-0.3, -0.25) is 4.99 Å². The normalized spacial score (nSPS) is 27.6. The summed E-state index contributed by atoms with van der Waals surface area (Å²) in [4.78, 5) is 21.1. The molecule has 0 saturated carbocycles. The Morgan fingerprint density at radius 3 is 2.44 bits per heavy atom. The molecule has 3 unspecified atom stereocenters. The topological polar surface area (TPSA) is 69.2 Å². The number of ether oxygens (including phenoxy) is 1. The highest BCUT2D eigenvalue weighted by atomic mass is 16.6. The number of aliphatic imine (C=N–C) groups is 1. The van der Waals surface area contributed by atoms with Gasteiger partial charge in [0.15, 0.2) is 5.96 Å². The first-order valence-electron chi connectivity index (χ1n) is 10.3. The molecule has 0 aromatic heterocycles. The number of piperidine rings is 1. The molecule has 0 spiro atoms. The lowest BCUT2D eigenvalue weighted by molar-refractivity contribution is 0.0507. The summed E-state index contributed by atoms with van der Waals surface area (Å²) >= 11 is 0. The van der Waals surface area contributed by atoms with E-state index in [0.29, 0.717) is 0 Å². The van der Waals surface area contributed by atoms with Gasteiger partial charge in [-0.1, -0.05) is 13.8 Å². The highest BCUT2D eigenvalue weighted by Crippen LogP contribution is 2.20. The van der Waals surface area contributed by atoms with Crippen LogP contribution in [0, 0.1) is 11.8 Å². The minimum absolute atomic E-state index is 0.0993. The van der Waals surface area contributed by atoms with Crippen LogP contribution in [-0.4, -0.2) is 79.8 Å². The van der Waals surface area contributed by atoms with Gasteiger partial charge in [0.2, 0.25) is 0 Å². The molecule has 1 amide bonds. The van der Waals surface area contributed by atoms with Gasteiger partial charge < -0.3 is 25.2 Å². The van der Waals surface area contributed by atoms with Gasteiger partial charge in [0, 0.05) is 46.3 Å². The molecule has 2 fully saturated rings. The Kier molecular flexibility index (Phi) is 7.77. The summed E-state index contributed by atoms with van der Waals surface area (Å²) in [5, 5.41) is 6.46. The van der Waals surface area contributed by atoms with E-state index in [4.69, 9.17) is 4.74 Å². The molecular weight excluding hydrogens is 342 g/mol. The van der Waals surface area contributed by atoms with Gasteiger partial charge in [0.05, 0.1) is 6.04 Å². The van der Waals surface area contributed by atoms with Crippen LogP contribution in [0.3, 0.4) is 0 Å². The van der Waals surface area contributed by atoms with E-state index in [0.717, 1.165) is 50.4 Å². The van der Waals surface area contributed by atoms with Gasteiger partial charge in [-0.05, 0) is 45.4 Å². The summed E-state index contributed by atoms with van der Waals surface area (Å²) in [5.74, 6) is 2.49. The summed E-state index contributed by atoms with van der Waals surface area (Å²) in [6.07, 6.45) is 1.90. The standard InChI is InChI=1S/C20H39N5O2/c1-15-11-16(2)13-24(12-15)10-8-22-18(21-6)25-9-7-17(14-25)23-19(26)27-20(3,4)5/h15-17H,7-14H2,1-6H3,(H,21,22)(H,23,26). The molecule has 3 atom stereocenters. The van der Waals surface area contributed by atoms with Crippen molar-refractivity contribution >= 4 is 12.1 Å². The number of hydrogen-bond donors (Lipinski definition) is 2. The van der Waals surface area contributed by atoms with Gasteiger partial charge in [0.1, 0.15) is 5.60 Å². The van der Waals surface area contributed by atoms with Crippen molar-refractivity contribution in [2.45, 2.75) is 59.1 Å². The number of nitrogens with zero attached hydrogens (tertiary/aromatic N) is 3. The summed E-state index contributed by atoms with van der Waals surface area (Å²) < 4.78 is 5.35. The molecule has 0 aromatic rings. The van der Waals surface area contributed by atoms with Crippen molar-refractivity contribution in [3.63, 3.8) is 0 Å². The Morgan fingerprint density at radius 2 is 1.85 bits per heavy atom. The first-order valence-corrected chi connectivity index (χ1v) is 10.3. The second-order valence-corrected chi connectivity index (χ2v) is 9.26. The lowest BCUT2D eigenvalue weighted by Crippen LogP contribution is -2.47. The van der Waals surface area contributed by atoms with Gasteiger partial charge in [-0.2, -0.15) is 0 Å². The fraction of sp³-hybridized carbons (Fsp3) is 0.900. The number of amides is 1. The molecule has 2 aliphatic rings. The van der Waals surface area contributed by atoms with Gasteiger partial charge in [-0.15, -0.1) is 0 Å². The van der Waals surface area contributed by atoms with E-state index < -0.39 is 5.60 Å². The molecule has 0 radical (unpaired) electrons. The van der Waals surface area contributed by atoms with Crippen LogP contribution in [0.25, 0.3) is 0 Å². The van der Waals surface area contributed by atoms with Crippen LogP contribution in [0.5, 0.6) is 0 Å². The second-order valence-electron chi connectivity index (χ2n) is 9.26.